The first kappa shape index (κ1) is 19.9. The molecule has 1 aromatic heterocycles. The summed E-state index contributed by atoms with van der Waals surface area (Å²) in [4.78, 5) is 16.3. The number of quaternary nitrogens is 1. The molecular formula is C19H26N5OS2+. The van der Waals surface area contributed by atoms with E-state index in [1.807, 2.05) is 17.9 Å². The van der Waals surface area contributed by atoms with Crippen molar-refractivity contribution in [1.29, 1.82) is 0 Å². The molecule has 1 saturated heterocycles. The quantitative estimate of drug-likeness (QED) is 0.516. The van der Waals surface area contributed by atoms with Gasteiger partial charge in [0.15, 0.2) is 4.34 Å². The van der Waals surface area contributed by atoms with E-state index in [0.29, 0.717) is 6.54 Å². The Labute approximate surface area is 168 Å². The van der Waals surface area contributed by atoms with Crippen LogP contribution in [0, 0.1) is 0 Å². The highest BCUT2D eigenvalue weighted by atomic mass is 32.2. The van der Waals surface area contributed by atoms with Gasteiger partial charge in [-0.05, 0) is 6.92 Å². The van der Waals surface area contributed by atoms with Crippen molar-refractivity contribution < 1.29 is 9.69 Å². The Bertz CT molecular complexity index is 744. The number of hydrogen-bond donors (Lipinski definition) is 2. The SMILES string of the molecule is C=CCNc1nnc(S[C@H](C)C(=O)N2CC[NH+](Cc3ccccc3)CC2)s1. The van der Waals surface area contributed by atoms with Gasteiger partial charge in [-0.25, -0.2) is 0 Å². The fourth-order valence-corrected chi connectivity index (χ4v) is 5.04. The molecule has 2 N–H and O–H groups in total. The van der Waals surface area contributed by atoms with Gasteiger partial charge in [0.25, 0.3) is 0 Å². The summed E-state index contributed by atoms with van der Waals surface area (Å²) < 4.78 is 0.816. The summed E-state index contributed by atoms with van der Waals surface area (Å²) in [6, 6.07) is 10.6. The standard InChI is InChI=1S/C19H25N5OS2/c1-3-9-20-18-21-22-19(27-18)26-15(2)17(25)24-12-10-23(11-13-24)14-16-7-5-4-6-8-16/h3-8,15H,1,9-14H2,2H3,(H,20,21)/p+1/t15-/m1/s1. The molecule has 2 aromatic rings. The van der Waals surface area contributed by atoms with Crippen LogP contribution in [0.1, 0.15) is 12.5 Å². The number of carbonyl (C=O) groups is 1. The van der Waals surface area contributed by atoms with Gasteiger partial charge in [-0.1, -0.05) is 59.5 Å². The average Bonchev–Trinajstić information content (AvgIpc) is 3.14. The topological polar surface area (TPSA) is 62.6 Å². The first-order valence-electron chi connectivity index (χ1n) is 9.17. The van der Waals surface area contributed by atoms with Crippen molar-refractivity contribution in [3.05, 3.63) is 48.6 Å². The van der Waals surface area contributed by atoms with Crippen LogP contribution in [0.25, 0.3) is 0 Å². The minimum absolute atomic E-state index is 0.152. The molecule has 0 spiro atoms. The van der Waals surface area contributed by atoms with E-state index in [0.717, 1.165) is 42.2 Å². The monoisotopic (exact) mass is 404 g/mol. The van der Waals surface area contributed by atoms with Gasteiger partial charge in [-0.3, -0.25) is 4.79 Å². The zero-order valence-corrected chi connectivity index (χ0v) is 17.2. The van der Waals surface area contributed by atoms with E-state index >= 15 is 0 Å². The molecule has 0 aliphatic carbocycles. The minimum Gasteiger partial charge on any atom is -0.357 e. The summed E-state index contributed by atoms with van der Waals surface area (Å²) in [7, 11) is 0. The second-order valence-electron chi connectivity index (χ2n) is 6.54. The zero-order chi connectivity index (χ0) is 19.1. The molecule has 1 amide bonds. The third kappa shape index (κ3) is 5.79. The summed E-state index contributed by atoms with van der Waals surface area (Å²) in [5, 5.41) is 12.0. The van der Waals surface area contributed by atoms with Crippen LogP contribution in [0.15, 0.2) is 47.3 Å². The molecule has 3 rings (SSSR count). The molecular weight excluding hydrogens is 378 g/mol. The summed E-state index contributed by atoms with van der Waals surface area (Å²) in [5.41, 5.74) is 1.35. The van der Waals surface area contributed by atoms with Crippen LogP contribution >= 0.6 is 23.1 Å². The number of benzene rings is 1. The lowest BCUT2D eigenvalue weighted by atomic mass is 10.2. The lowest BCUT2D eigenvalue weighted by Gasteiger charge is -2.33. The van der Waals surface area contributed by atoms with Crippen LogP contribution in [0.4, 0.5) is 5.13 Å². The molecule has 8 heteroatoms. The number of aromatic nitrogens is 2. The minimum atomic E-state index is -0.152. The van der Waals surface area contributed by atoms with E-state index in [2.05, 4.69) is 46.4 Å². The predicted molar refractivity (Wildman–Crippen MR) is 111 cm³/mol. The van der Waals surface area contributed by atoms with E-state index in [-0.39, 0.29) is 11.2 Å². The zero-order valence-electron chi connectivity index (χ0n) is 15.6. The number of piperazine rings is 1. The number of hydrogen-bond acceptors (Lipinski definition) is 6. The first-order valence-corrected chi connectivity index (χ1v) is 10.9. The van der Waals surface area contributed by atoms with Gasteiger partial charge in [-0.2, -0.15) is 0 Å². The van der Waals surface area contributed by atoms with Gasteiger partial charge >= 0.3 is 0 Å². The summed E-state index contributed by atoms with van der Waals surface area (Å²) in [6.07, 6.45) is 1.78. The molecule has 1 atom stereocenters. The second kappa shape index (κ2) is 9.87. The van der Waals surface area contributed by atoms with Crippen molar-refractivity contribution in [3.8, 4) is 0 Å². The van der Waals surface area contributed by atoms with Crippen molar-refractivity contribution >= 4 is 34.1 Å². The van der Waals surface area contributed by atoms with E-state index in [1.54, 1.807) is 6.08 Å². The van der Waals surface area contributed by atoms with Crippen molar-refractivity contribution in [2.24, 2.45) is 0 Å². The molecule has 0 unspecified atom stereocenters. The fraction of sp³-hybridized carbons (Fsp3) is 0.421. The van der Waals surface area contributed by atoms with Gasteiger partial charge in [-0.15, -0.1) is 16.8 Å². The fourth-order valence-electron chi connectivity index (χ4n) is 3.05. The summed E-state index contributed by atoms with van der Waals surface area (Å²) in [6.45, 7) is 10.9. The maximum atomic E-state index is 12.8. The first-order chi connectivity index (χ1) is 13.2. The van der Waals surface area contributed by atoms with Crippen molar-refractivity contribution in [2.75, 3.05) is 38.0 Å². The highest BCUT2D eigenvalue weighted by Crippen LogP contribution is 2.29. The largest absolute Gasteiger partial charge is 0.357 e. The van der Waals surface area contributed by atoms with Crippen molar-refractivity contribution in [3.63, 3.8) is 0 Å². The van der Waals surface area contributed by atoms with Crippen molar-refractivity contribution in [2.45, 2.75) is 23.1 Å². The highest BCUT2D eigenvalue weighted by Gasteiger charge is 2.28. The maximum Gasteiger partial charge on any atom is 0.236 e. The van der Waals surface area contributed by atoms with E-state index < -0.39 is 0 Å². The van der Waals surface area contributed by atoms with Crippen LogP contribution < -0.4 is 10.2 Å². The van der Waals surface area contributed by atoms with Crippen molar-refractivity contribution in [1.82, 2.24) is 15.1 Å². The van der Waals surface area contributed by atoms with E-state index in [9.17, 15) is 4.79 Å². The summed E-state index contributed by atoms with van der Waals surface area (Å²) >= 11 is 2.96. The molecule has 1 aromatic carbocycles. The number of amides is 1. The number of anilines is 1. The van der Waals surface area contributed by atoms with Crippen LogP contribution in [0.2, 0.25) is 0 Å². The Hall–Kier alpha value is -1.90. The second-order valence-corrected chi connectivity index (χ2v) is 9.11. The Morgan fingerprint density at radius 2 is 2.11 bits per heavy atom. The average molecular weight is 405 g/mol. The lowest BCUT2D eigenvalue weighted by Crippen LogP contribution is -3.13. The van der Waals surface area contributed by atoms with Gasteiger partial charge in [0.1, 0.15) is 6.54 Å². The Balaban J connectivity index is 1.45. The molecule has 27 heavy (non-hydrogen) atoms. The number of nitrogens with zero attached hydrogens (tertiary/aromatic N) is 3. The third-order valence-electron chi connectivity index (χ3n) is 4.51. The number of rotatable bonds is 8. The Morgan fingerprint density at radius 3 is 2.81 bits per heavy atom. The maximum absolute atomic E-state index is 12.8. The number of carbonyl (C=O) groups excluding carboxylic acids is 1. The molecule has 1 fully saturated rings. The molecule has 0 saturated carbocycles. The molecule has 144 valence electrons. The van der Waals surface area contributed by atoms with E-state index in [1.165, 1.54) is 33.6 Å². The van der Waals surface area contributed by atoms with Crippen LogP contribution in [0.5, 0.6) is 0 Å². The normalized spacial score (nSPS) is 16.1. The highest BCUT2D eigenvalue weighted by molar-refractivity contribution is 8.02. The number of nitrogens with one attached hydrogen (secondary N) is 2. The van der Waals surface area contributed by atoms with Gasteiger partial charge in [0.2, 0.25) is 11.0 Å². The Morgan fingerprint density at radius 1 is 1.37 bits per heavy atom. The van der Waals surface area contributed by atoms with Crippen LogP contribution in [0.3, 0.4) is 0 Å². The van der Waals surface area contributed by atoms with Gasteiger partial charge in [0.05, 0.1) is 31.4 Å². The van der Waals surface area contributed by atoms with E-state index in [4.69, 9.17) is 0 Å². The smallest absolute Gasteiger partial charge is 0.236 e. The molecule has 6 nitrogen and oxygen atoms in total. The molecule has 0 radical (unpaired) electrons. The van der Waals surface area contributed by atoms with Crippen LogP contribution in [-0.4, -0.2) is 59.0 Å². The van der Waals surface area contributed by atoms with Gasteiger partial charge in [0, 0.05) is 12.1 Å². The van der Waals surface area contributed by atoms with Gasteiger partial charge < -0.3 is 15.1 Å². The molecule has 0 bridgehead atoms. The Kier molecular flexibility index (Phi) is 7.25. The predicted octanol–water partition coefficient (Wildman–Crippen LogP) is 1.54. The third-order valence-corrected chi connectivity index (χ3v) is 6.56. The molecule has 1 aliphatic heterocycles. The lowest BCUT2D eigenvalue weighted by molar-refractivity contribution is -0.917. The molecule has 1 aliphatic rings. The summed E-state index contributed by atoms with van der Waals surface area (Å²) in [5.74, 6) is 0.189. The molecule has 2 heterocycles. The van der Waals surface area contributed by atoms with Crippen LogP contribution in [-0.2, 0) is 11.3 Å². The number of thioether (sulfide) groups is 1.